The van der Waals surface area contributed by atoms with E-state index in [0.717, 1.165) is 23.8 Å². The molecule has 18 heavy (non-hydrogen) atoms. The van der Waals surface area contributed by atoms with E-state index in [-0.39, 0.29) is 11.6 Å². The molecule has 1 aliphatic rings. The molecule has 4 heteroatoms. The molecule has 1 saturated heterocycles. The molecule has 0 bridgehead atoms. The summed E-state index contributed by atoms with van der Waals surface area (Å²) in [7, 11) is 0. The fraction of sp³-hybridized carbons (Fsp3) is 0.500. The maximum atomic E-state index is 8.86. The maximum absolute atomic E-state index is 8.86. The van der Waals surface area contributed by atoms with E-state index in [4.69, 9.17) is 16.9 Å². The van der Waals surface area contributed by atoms with Crippen LogP contribution in [0.15, 0.2) is 24.3 Å². The van der Waals surface area contributed by atoms with Crippen LogP contribution in [0.25, 0.3) is 0 Å². The van der Waals surface area contributed by atoms with Gasteiger partial charge in [0, 0.05) is 35.4 Å². The van der Waals surface area contributed by atoms with Gasteiger partial charge in [0.1, 0.15) is 0 Å². The lowest BCUT2D eigenvalue weighted by Crippen LogP contribution is -2.62. The van der Waals surface area contributed by atoms with E-state index in [1.807, 2.05) is 24.3 Å². The summed E-state index contributed by atoms with van der Waals surface area (Å²) in [5, 5.41) is 13.1. The Morgan fingerprint density at radius 2 is 2.11 bits per heavy atom. The molecule has 0 amide bonds. The van der Waals surface area contributed by atoms with E-state index < -0.39 is 0 Å². The molecule has 1 aromatic carbocycles. The topological polar surface area (TPSA) is 39.1 Å². The lowest BCUT2D eigenvalue weighted by Gasteiger charge is -2.44. The van der Waals surface area contributed by atoms with Gasteiger partial charge in [-0.25, -0.2) is 0 Å². The first-order valence-corrected chi connectivity index (χ1v) is 6.53. The second kappa shape index (κ2) is 5.17. The number of benzene rings is 1. The minimum Gasteiger partial charge on any atom is -0.368 e. The van der Waals surface area contributed by atoms with Gasteiger partial charge in [0.2, 0.25) is 0 Å². The van der Waals surface area contributed by atoms with Crippen LogP contribution in [-0.4, -0.2) is 24.7 Å². The van der Waals surface area contributed by atoms with E-state index in [1.54, 1.807) is 0 Å². The lowest BCUT2D eigenvalue weighted by molar-refractivity contribution is 0.291. The molecule has 0 aromatic heterocycles. The standard InChI is InChI=1S/C14H18ClN3/c1-14(2)10-18(9-12(17-14)7-8-16)13-5-3-11(15)4-6-13/h3-6,12,17H,7,9-10H2,1-2H3. The van der Waals surface area contributed by atoms with E-state index in [1.165, 1.54) is 0 Å². The van der Waals surface area contributed by atoms with E-state index in [0.29, 0.717) is 6.42 Å². The van der Waals surface area contributed by atoms with Crippen molar-refractivity contribution in [2.75, 3.05) is 18.0 Å². The summed E-state index contributed by atoms with van der Waals surface area (Å²) in [6.07, 6.45) is 0.535. The number of rotatable bonds is 2. The summed E-state index contributed by atoms with van der Waals surface area (Å²) in [5.74, 6) is 0. The first kappa shape index (κ1) is 13.2. The normalized spacial score (nSPS) is 22.6. The van der Waals surface area contributed by atoms with Crippen LogP contribution < -0.4 is 10.2 Å². The number of nitrogens with one attached hydrogen (secondary N) is 1. The molecule has 0 radical (unpaired) electrons. The molecule has 1 aliphatic heterocycles. The van der Waals surface area contributed by atoms with Crippen molar-refractivity contribution in [3.8, 4) is 6.07 Å². The van der Waals surface area contributed by atoms with Gasteiger partial charge in [-0.15, -0.1) is 0 Å². The van der Waals surface area contributed by atoms with Crippen LogP contribution in [0.1, 0.15) is 20.3 Å². The van der Waals surface area contributed by atoms with Crippen LogP contribution in [0.5, 0.6) is 0 Å². The molecule has 0 saturated carbocycles. The molecule has 1 N–H and O–H groups in total. The highest BCUT2D eigenvalue weighted by molar-refractivity contribution is 6.30. The predicted molar refractivity (Wildman–Crippen MR) is 74.9 cm³/mol. The Morgan fingerprint density at radius 1 is 1.44 bits per heavy atom. The van der Waals surface area contributed by atoms with E-state index in [9.17, 15) is 0 Å². The summed E-state index contributed by atoms with van der Waals surface area (Å²) in [6, 6.07) is 10.3. The number of piperazine rings is 1. The van der Waals surface area contributed by atoms with Crippen LogP contribution in [-0.2, 0) is 0 Å². The number of anilines is 1. The Morgan fingerprint density at radius 3 is 2.72 bits per heavy atom. The monoisotopic (exact) mass is 263 g/mol. The van der Waals surface area contributed by atoms with Crippen LogP contribution >= 0.6 is 11.6 Å². The molecule has 1 heterocycles. The molecule has 2 rings (SSSR count). The molecule has 0 aliphatic carbocycles. The van der Waals surface area contributed by atoms with Crippen LogP contribution in [0.3, 0.4) is 0 Å². The van der Waals surface area contributed by atoms with Gasteiger partial charge in [0.05, 0.1) is 12.5 Å². The van der Waals surface area contributed by atoms with E-state index >= 15 is 0 Å². The Bertz CT molecular complexity index is 447. The van der Waals surface area contributed by atoms with Gasteiger partial charge in [0.25, 0.3) is 0 Å². The van der Waals surface area contributed by atoms with Gasteiger partial charge in [-0.1, -0.05) is 11.6 Å². The zero-order chi connectivity index (χ0) is 13.2. The second-order valence-electron chi connectivity index (χ2n) is 5.44. The lowest BCUT2D eigenvalue weighted by atomic mass is 9.97. The minimum absolute atomic E-state index is 0.0133. The zero-order valence-corrected chi connectivity index (χ0v) is 11.5. The van der Waals surface area contributed by atoms with Crippen molar-refractivity contribution in [1.29, 1.82) is 5.26 Å². The van der Waals surface area contributed by atoms with Crippen molar-refractivity contribution in [1.82, 2.24) is 5.32 Å². The first-order chi connectivity index (χ1) is 8.50. The van der Waals surface area contributed by atoms with Crippen LogP contribution in [0.4, 0.5) is 5.69 Å². The van der Waals surface area contributed by atoms with Crippen molar-refractivity contribution in [2.24, 2.45) is 0 Å². The molecular formula is C14H18ClN3. The van der Waals surface area contributed by atoms with Crippen LogP contribution in [0, 0.1) is 11.3 Å². The summed E-state index contributed by atoms with van der Waals surface area (Å²) in [6.45, 7) is 6.12. The highest BCUT2D eigenvalue weighted by Gasteiger charge is 2.31. The predicted octanol–water partition coefficient (Wildman–Crippen LogP) is 2.81. The smallest absolute Gasteiger partial charge is 0.0638 e. The van der Waals surface area contributed by atoms with Crippen molar-refractivity contribution in [3.05, 3.63) is 29.3 Å². The minimum atomic E-state index is 0.0133. The summed E-state index contributed by atoms with van der Waals surface area (Å²) in [4.78, 5) is 2.31. The fourth-order valence-corrected chi connectivity index (χ4v) is 2.65. The SMILES string of the molecule is CC1(C)CN(c2ccc(Cl)cc2)CC(CC#N)N1. The fourth-order valence-electron chi connectivity index (χ4n) is 2.53. The highest BCUT2D eigenvalue weighted by atomic mass is 35.5. The molecule has 96 valence electrons. The Balaban J connectivity index is 2.17. The molecule has 0 spiro atoms. The average Bonchev–Trinajstić information content (AvgIpc) is 2.28. The van der Waals surface area contributed by atoms with Crippen molar-refractivity contribution in [2.45, 2.75) is 31.8 Å². The zero-order valence-electron chi connectivity index (χ0n) is 10.8. The average molecular weight is 264 g/mol. The molecule has 1 aromatic rings. The summed E-state index contributed by atoms with van der Waals surface area (Å²) >= 11 is 5.91. The molecule has 1 unspecified atom stereocenters. The molecular weight excluding hydrogens is 246 g/mol. The third-order valence-electron chi connectivity index (χ3n) is 3.15. The number of nitrogens with zero attached hydrogens (tertiary/aromatic N) is 2. The van der Waals surface area contributed by atoms with Crippen molar-refractivity contribution in [3.63, 3.8) is 0 Å². The third-order valence-corrected chi connectivity index (χ3v) is 3.40. The first-order valence-electron chi connectivity index (χ1n) is 6.15. The number of hydrogen-bond acceptors (Lipinski definition) is 3. The third kappa shape index (κ3) is 3.16. The largest absolute Gasteiger partial charge is 0.368 e. The molecule has 3 nitrogen and oxygen atoms in total. The van der Waals surface area contributed by atoms with Crippen molar-refractivity contribution < 1.29 is 0 Å². The Labute approximate surface area is 113 Å². The summed E-state index contributed by atoms with van der Waals surface area (Å²) in [5.41, 5.74) is 1.18. The number of hydrogen-bond donors (Lipinski definition) is 1. The quantitative estimate of drug-likeness (QED) is 0.892. The van der Waals surface area contributed by atoms with Gasteiger partial charge in [-0.2, -0.15) is 5.26 Å². The van der Waals surface area contributed by atoms with E-state index in [2.05, 4.69) is 30.1 Å². The Hall–Kier alpha value is -1.24. The van der Waals surface area contributed by atoms with Gasteiger partial charge in [0.15, 0.2) is 0 Å². The second-order valence-corrected chi connectivity index (χ2v) is 5.88. The molecule has 1 atom stereocenters. The number of halogens is 1. The van der Waals surface area contributed by atoms with Gasteiger partial charge in [-0.3, -0.25) is 0 Å². The van der Waals surface area contributed by atoms with Crippen molar-refractivity contribution >= 4 is 17.3 Å². The van der Waals surface area contributed by atoms with Gasteiger partial charge in [-0.05, 0) is 38.1 Å². The van der Waals surface area contributed by atoms with Gasteiger partial charge < -0.3 is 10.2 Å². The highest BCUT2D eigenvalue weighted by Crippen LogP contribution is 2.24. The summed E-state index contributed by atoms with van der Waals surface area (Å²) < 4.78 is 0. The Kier molecular flexibility index (Phi) is 3.79. The van der Waals surface area contributed by atoms with Crippen LogP contribution in [0.2, 0.25) is 5.02 Å². The number of nitriles is 1. The maximum Gasteiger partial charge on any atom is 0.0638 e. The van der Waals surface area contributed by atoms with Gasteiger partial charge >= 0.3 is 0 Å². The molecule has 1 fully saturated rings.